The molecule has 0 saturated carbocycles. The van der Waals surface area contributed by atoms with Gasteiger partial charge in [-0.15, -0.1) is 0 Å². The van der Waals surface area contributed by atoms with E-state index in [-0.39, 0.29) is 40.5 Å². The van der Waals surface area contributed by atoms with Crippen LogP contribution in [0.15, 0.2) is 35.1 Å². The van der Waals surface area contributed by atoms with Gasteiger partial charge in [-0.1, -0.05) is 0 Å². The van der Waals surface area contributed by atoms with E-state index in [0.717, 1.165) is 31.7 Å². The average Bonchev–Trinajstić information content (AvgIpc) is 3.33. The molecule has 48 heavy (non-hydrogen) atoms. The van der Waals surface area contributed by atoms with Gasteiger partial charge in [-0.25, -0.2) is 9.59 Å². The van der Waals surface area contributed by atoms with Crippen LogP contribution >= 0.6 is 0 Å². The summed E-state index contributed by atoms with van der Waals surface area (Å²) in [7, 11) is 2.06. The Morgan fingerprint density at radius 3 is 2.48 bits per heavy atom. The molecule has 2 atom stereocenters. The number of piperidine rings is 1. The van der Waals surface area contributed by atoms with Crippen molar-refractivity contribution in [2.75, 3.05) is 61.8 Å². The summed E-state index contributed by atoms with van der Waals surface area (Å²) in [6.07, 6.45) is -3.08. The molecular weight excluding hydrogens is 637 g/mol. The van der Waals surface area contributed by atoms with Gasteiger partial charge in [0.05, 0.1) is 29.5 Å². The number of halogens is 3. The van der Waals surface area contributed by atoms with Gasteiger partial charge < -0.3 is 34.7 Å². The SMILES string of the molecule is CN1CCN(Cc2cnc3c(C(=O)Nc4cnccc4N4CC(NC(=O)O)CC(C(F)(F)F)C4)c(NC(=O)OC(C)(C)C)oc3c2)CC1. The van der Waals surface area contributed by atoms with E-state index >= 15 is 0 Å². The monoisotopic (exact) mass is 676 g/mol. The lowest BCUT2D eigenvalue weighted by atomic mass is 9.93. The number of hydrogen-bond acceptors (Lipinski definition) is 10. The van der Waals surface area contributed by atoms with E-state index in [4.69, 9.17) is 9.15 Å². The summed E-state index contributed by atoms with van der Waals surface area (Å²) in [5, 5.41) is 16.5. The number of furan rings is 1. The molecule has 3 amide bonds. The molecule has 2 aliphatic rings. The minimum atomic E-state index is -4.58. The van der Waals surface area contributed by atoms with Crippen LogP contribution in [0.5, 0.6) is 0 Å². The second-order valence-corrected chi connectivity index (χ2v) is 13.1. The molecule has 5 heterocycles. The Balaban J connectivity index is 1.46. The molecular formula is C31H39F3N8O6. The molecule has 3 aromatic heterocycles. The summed E-state index contributed by atoms with van der Waals surface area (Å²) in [5.41, 5.74) is 0.481. The third-order valence-corrected chi connectivity index (χ3v) is 8.06. The Hall–Kier alpha value is -4.64. The highest BCUT2D eigenvalue weighted by molar-refractivity contribution is 6.16. The summed E-state index contributed by atoms with van der Waals surface area (Å²) >= 11 is 0. The number of pyridine rings is 2. The van der Waals surface area contributed by atoms with Crippen LogP contribution in [0.2, 0.25) is 0 Å². The van der Waals surface area contributed by atoms with E-state index in [1.165, 1.54) is 23.4 Å². The maximum atomic E-state index is 13.9. The third-order valence-electron chi connectivity index (χ3n) is 8.06. The van der Waals surface area contributed by atoms with Crippen molar-refractivity contribution in [1.29, 1.82) is 0 Å². The minimum Gasteiger partial charge on any atom is -0.465 e. The number of nitrogens with one attached hydrogen (secondary N) is 3. The van der Waals surface area contributed by atoms with Crippen LogP contribution in [-0.4, -0.2) is 107 Å². The van der Waals surface area contributed by atoms with E-state index < -0.39 is 54.8 Å². The highest BCUT2D eigenvalue weighted by atomic mass is 19.4. The number of fused-ring (bicyclic) bond motifs is 1. The first-order chi connectivity index (χ1) is 22.6. The molecule has 2 saturated heterocycles. The Morgan fingerprint density at radius 2 is 1.81 bits per heavy atom. The van der Waals surface area contributed by atoms with Crippen molar-refractivity contribution in [2.24, 2.45) is 5.92 Å². The lowest BCUT2D eigenvalue weighted by Crippen LogP contribution is -2.53. The van der Waals surface area contributed by atoms with Crippen molar-refractivity contribution >= 4 is 46.5 Å². The van der Waals surface area contributed by atoms with Crippen molar-refractivity contribution < 1.29 is 41.8 Å². The molecule has 2 unspecified atom stereocenters. The number of rotatable bonds is 7. The molecule has 5 rings (SSSR count). The number of nitrogens with zero attached hydrogens (tertiary/aromatic N) is 5. The Labute approximate surface area is 274 Å². The maximum Gasteiger partial charge on any atom is 0.414 e. The second-order valence-electron chi connectivity index (χ2n) is 13.1. The molecule has 260 valence electrons. The predicted octanol–water partition coefficient (Wildman–Crippen LogP) is 4.59. The molecule has 4 N–H and O–H groups in total. The van der Waals surface area contributed by atoms with E-state index in [1.54, 1.807) is 33.0 Å². The second kappa shape index (κ2) is 13.8. The summed E-state index contributed by atoms with van der Waals surface area (Å²) < 4.78 is 52.9. The lowest BCUT2D eigenvalue weighted by molar-refractivity contribution is -0.177. The number of amides is 3. The number of aromatic nitrogens is 2. The molecule has 0 aliphatic carbocycles. The standard InChI is InChI=1S/C31H39F3N8O6/c1-30(2,3)48-29(46)39-27-24(25-23(47-27)11-18(13-36-25)15-41-9-7-40(4)8-10-41)26(43)38-21-14-35-6-5-22(21)42-16-19(31(32,33)34)12-20(17-42)37-28(44)45/h5-6,11,13-14,19-20,37H,7-10,12,15-17H2,1-4H3,(H,38,43)(H,39,46)(H,44,45). The Kier molecular flexibility index (Phi) is 10.0. The first kappa shape index (κ1) is 34.7. The van der Waals surface area contributed by atoms with Gasteiger partial charge in [0.25, 0.3) is 5.91 Å². The van der Waals surface area contributed by atoms with E-state index in [1.807, 2.05) is 0 Å². The molecule has 2 fully saturated rings. The molecule has 0 spiro atoms. The van der Waals surface area contributed by atoms with Crippen LogP contribution in [0, 0.1) is 5.92 Å². The van der Waals surface area contributed by atoms with E-state index in [2.05, 4.69) is 42.8 Å². The van der Waals surface area contributed by atoms with Crippen LogP contribution in [0.3, 0.4) is 0 Å². The van der Waals surface area contributed by atoms with Crippen molar-refractivity contribution in [3.63, 3.8) is 0 Å². The van der Waals surface area contributed by atoms with Gasteiger partial charge in [-0.2, -0.15) is 13.2 Å². The molecule has 17 heteroatoms. The fourth-order valence-electron chi connectivity index (χ4n) is 5.82. The zero-order valence-electron chi connectivity index (χ0n) is 27.1. The largest absolute Gasteiger partial charge is 0.465 e. The van der Waals surface area contributed by atoms with Gasteiger partial charge >= 0.3 is 18.4 Å². The zero-order valence-corrected chi connectivity index (χ0v) is 27.1. The summed E-state index contributed by atoms with van der Waals surface area (Å²) in [5.74, 6) is -2.84. The molecule has 0 aromatic carbocycles. The van der Waals surface area contributed by atoms with Crippen molar-refractivity contribution in [3.8, 4) is 0 Å². The Bertz CT molecular complexity index is 1650. The zero-order chi connectivity index (χ0) is 34.8. The number of carbonyl (C=O) groups excluding carboxylic acids is 2. The average molecular weight is 677 g/mol. The van der Waals surface area contributed by atoms with Gasteiger partial charge in [-0.05, 0) is 51.9 Å². The molecule has 3 aromatic rings. The van der Waals surface area contributed by atoms with E-state index in [9.17, 15) is 32.7 Å². The van der Waals surface area contributed by atoms with Crippen LogP contribution in [0.1, 0.15) is 43.1 Å². The molecule has 0 bridgehead atoms. The van der Waals surface area contributed by atoms with Gasteiger partial charge in [0.15, 0.2) is 5.58 Å². The van der Waals surface area contributed by atoms with Crippen LogP contribution in [0.25, 0.3) is 11.1 Å². The fourth-order valence-corrected chi connectivity index (χ4v) is 5.82. The number of carboxylic acid groups (broad SMARTS) is 1. The number of ether oxygens (including phenoxy) is 1. The first-order valence-electron chi connectivity index (χ1n) is 15.4. The molecule has 2 aliphatic heterocycles. The van der Waals surface area contributed by atoms with Gasteiger partial charge in [0, 0.05) is 58.2 Å². The number of likely N-dealkylation sites (N-methyl/N-ethyl adjacent to an activating group) is 1. The topological polar surface area (TPSA) is 165 Å². The van der Waals surface area contributed by atoms with Crippen LogP contribution < -0.4 is 20.9 Å². The number of anilines is 3. The number of alkyl halides is 3. The van der Waals surface area contributed by atoms with Gasteiger partial charge in [-0.3, -0.25) is 25.0 Å². The number of piperazine rings is 1. The summed E-state index contributed by atoms with van der Waals surface area (Å²) in [6, 6.07) is 2.15. The fraction of sp³-hybridized carbons (Fsp3) is 0.516. The lowest BCUT2D eigenvalue weighted by Gasteiger charge is -2.40. The first-order valence-corrected chi connectivity index (χ1v) is 15.4. The molecule has 0 radical (unpaired) electrons. The maximum absolute atomic E-state index is 13.9. The van der Waals surface area contributed by atoms with Crippen LogP contribution in [-0.2, 0) is 11.3 Å². The highest BCUT2D eigenvalue weighted by Gasteiger charge is 2.45. The Morgan fingerprint density at radius 1 is 1.08 bits per heavy atom. The van der Waals surface area contributed by atoms with Gasteiger partial charge in [0.1, 0.15) is 16.7 Å². The minimum absolute atomic E-state index is 0.0589. The smallest absolute Gasteiger partial charge is 0.414 e. The normalized spacial score (nSPS) is 19.6. The van der Waals surface area contributed by atoms with Crippen molar-refractivity contribution in [1.82, 2.24) is 25.1 Å². The number of hydrogen-bond donors (Lipinski definition) is 4. The third kappa shape index (κ3) is 8.63. The predicted molar refractivity (Wildman–Crippen MR) is 170 cm³/mol. The van der Waals surface area contributed by atoms with Crippen molar-refractivity contribution in [2.45, 2.75) is 51.6 Å². The van der Waals surface area contributed by atoms with Crippen molar-refractivity contribution in [3.05, 3.63) is 41.9 Å². The van der Waals surface area contributed by atoms with Crippen LogP contribution in [0.4, 0.5) is 40.0 Å². The van der Waals surface area contributed by atoms with E-state index in [0.29, 0.717) is 6.54 Å². The quantitative estimate of drug-likeness (QED) is 0.277. The highest BCUT2D eigenvalue weighted by Crippen LogP contribution is 2.38. The number of carbonyl (C=O) groups is 3. The molecule has 14 nitrogen and oxygen atoms in total. The summed E-state index contributed by atoms with van der Waals surface area (Å²) in [6.45, 7) is 8.66. The summed E-state index contributed by atoms with van der Waals surface area (Å²) in [4.78, 5) is 52.4. The van der Waals surface area contributed by atoms with Gasteiger partial charge in [0.2, 0.25) is 5.88 Å².